The van der Waals surface area contributed by atoms with Crippen LogP contribution >= 0.6 is 11.8 Å². The maximum absolute atomic E-state index is 12.5. The van der Waals surface area contributed by atoms with Gasteiger partial charge in [-0.05, 0) is 30.7 Å². The van der Waals surface area contributed by atoms with E-state index in [9.17, 15) is 14.7 Å². The number of carboxylic acid groups (broad SMARTS) is 1. The Bertz CT molecular complexity index is 530. The largest absolute Gasteiger partial charge is 0.480 e. The van der Waals surface area contributed by atoms with Gasteiger partial charge in [0.15, 0.2) is 0 Å². The fraction of sp³-hybridized carbons (Fsp3) is 0.500. The zero-order valence-electron chi connectivity index (χ0n) is 11.8. The fourth-order valence-corrected chi connectivity index (χ4v) is 4.46. The summed E-state index contributed by atoms with van der Waals surface area (Å²) in [5.74, 6) is 0.125. The van der Waals surface area contributed by atoms with E-state index in [1.807, 2.05) is 30.3 Å². The van der Waals surface area contributed by atoms with Gasteiger partial charge in [-0.25, -0.2) is 4.79 Å². The molecule has 1 aromatic rings. The van der Waals surface area contributed by atoms with E-state index < -0.39 is 12.0 Å². The second-order valence-corrected chi connectivity index (χ2v) is 6.85. The smallest absolute Gasteiger partial charge is 0.327 e. The molecule has 1 saturated heterocycles. The molecule has 1 aliphatic heterocycles. The van der Waals surface area contributed by atoms with E-state index in [0.717, 1.165) is 18.4 Å². The molecule has 0 radical (unpaired) electrons. The number of carbonyl (C=O) groups is 2. The number of rotatable bonds is 5. The molecule has 112 valence electrons. The van der Waals surface area contributed by atoms with Crippen LogP contribution in [-0.2, 0) is 16.0 Å². The van der Waals surface area contributed by atoms with Crippen molar-refractivity contribution >= 4 is 23.6 Å². The van der Waals surface area contributed by atoms with Crippen LogP contribution in [-0.4, -0.2) is 39.1 Å². The number of carboxylic acids is 1. The van der Waals surface area contributed by atoms with Crippen molar-refractivity contribution in [3.63, 3.8) is 0 Å². The Morgan fingerprint density at radius 3 is 2.57 bits per heavy atom. The molecule has 3 rings (SSSR count). The number of hydrogen-bond acceptors (Lipinski definition) is 3. The van der Waals surface area contributed by atoms with Crippen LogP contribution in [0.4, 0.5) is 0 Å². The Hall–Kier alpha value is -1.49. The standard InChI is InChI=1S/C16H19NO3S/c18-14(9-6-11-4-2-1-3-5-11)17-13(16(19)20)10-21-15(17)12-7-8-12/h1-5,12-13,15H,6-10H2,(H,19,20). The minimum absolute atomic E-state index is 0.0202. The lowest BCUT2D eigenvalue weighted by Crippen LogP contribution is -2.46. The molecule has 5 heteroatoms. The summed E-state index contributed by atoms with van der Waals surface area (Å²) in [5, 5.41) is 9.41. The Balaban J connectivity index is 1.66. The summed E-state index contributed by atoms with van der Waals surface area (Å²) in [6.45, 7) is 0. The Kier molecular flexibility index (Phi) is 4.19. The summed E-state index contributed by atoms with van der Waals surface area (Å²) in [7, 11) is 0. The van der Waals surface area contributed by atoms with Crippen molar-refractivity contribution in [3.05, 3.63) is 35.9 Å². The number of thioether (sulfide) groups is 1. The first-order valence-electron chi connectivity index (χ1n) is 7.36. The predicted molar refractivity (Wildman–Crippen MR) is 82.0 cm³/mol. The third-order valence-corrected chi connectivity index (χ3v) is 5.57. The van der Waals surface area contributed by atoms with Crippen molar-refractivity contribution in [2.24, 2.45) is 5.92 Å². The van der Waals surface area contributed by atoms with Crippen LogP contribution in [0, 0.1) is 5.92 Å². The van der Waals surface area contributed by atoms with Gasteiger partial charge < -0.3 is 10.0 Å². The van der Waals surface area contributed by atoms with E-state index >= 15 is 0 Å². The third kappa shape index (κ3) is 3.23. The molecule has 0 bridgehead atoms. The molecular weight excluding hydrogens is 286 g/mol. The predicted octanol–water partition coefficient (Wildman–Crippen LogP) is 2.38. The summed E-state index contributed by atoms with van der Waals surface area (Å²) in [6, 6.07) is 9.21. The van der Waals surface area contributed by atoms with Crippen molar-refractivity contribution in [3.8, 4) is 0 Å². The molecule has 2 unspecified atom stereocenters. The minimum atomic E-state index is -0.876. The zero-order valence-corrected chi connectivity index (χ0v) is 12.6. The van der Waals surface area contributed by atoms with E-state index in [1.54, 1.807) is 16.7 Å². The van der Waals surface area contributed by atoms with Crippen molar-refractivity contribution in [1.29, 1.82) is 0 Å². The van der Waals surface area contributed by atoms with Gasteiger partial charge in [-0.1, -0.05) is 30.3 Å². The molecule has 1 amide bonds. The van der Waals surface area contributed by atoms with Crippen LogP contribution in [0.25, 0.3) is 0 Å². The normalized spacial score (nSPS) is 25.0. The maximum atomic E-state index is 12.5. The van der Waals surface area contributed by atoms with Crippen molar-refractivity contribution in [2.75, 3.05) is 5.75 Å². The Morgan fingerprint density at radius 2 is 1.95 bits per heavy atom. The second kappa shape index (κ2) is 6.10. The number of carbonyl (C=O) groups excluding carboxylic acids is 1. The summed E-state index contributed by atoms with van der Waals surface area (Å²) in [6.07, 6.45) is 3.29. The lowest BCUT2D eigenvalue weighted by molar-refractivity contribution is -0.149. The lowest BCUT2D eigenvalue weighted by atomic mass is 10.1. The average molecular weight is 305 g/mol. The minimum Gasteiger partial charge on any atom is -0.480 e. The van der Waals surface area contributed by atoms with Crippen molar-refractivity contribution in [1.82, 2.24) is 4.90 Å². The Labute approximate surface area is 128 Å². The first kappa shape index (κ1) is 14.4. The molecule has 0 aromatic heterocycles. The lowest BCUT2D eigenvalue weighted by Gasteiger charge is -2.27. The summed E-state index contributed by atoms with van der Waals surface area (Å²) in [4.78, 5) is 25.5. The van der Waals surface area contributed by atoms with E-state index in [2.05, 4.69) is 0 Å². The van der Waals surface area contributed by atoms with Crippen LogP contribution in [0.2, 0.25) is 0 Å². The maximum Gasteiger partial charge on any atom is 0.327 e. The van der Waals surface area contributed by atoms with Crippen LogP contribution in [0.15, 0.2) is 30.3 Å². The van der Waals surface area contributed by atoms with Gasteiger partial charge in [0.05, 0.1) is 5.37 Å². The molecule has 0 spiro atoms. The third-order valence-electron chi connectivity index (χ3n) is 4.10. The highest BCUT2D eigenvalue weighted by atomic mass is 32.2. The van der Waals surface area contributed by atoms with Gasteiger partial charge in [-0.3, -0.25) is 4.79 Å². The summed E-state index contributed by atoms with van der Waals surface area (Å²) >= 11 is 1.63. The van der Waals surface area contributed by atoms with Gasteiger partial charge in [0, 0.05) is 12.2 Å². The first-order chi connectivity index (χ1) is 10.2. The van der Waals surface area contributed by atoms with Gasteiger partial charge in [-0.2, -0.15) is 0 Å². The molecule has 1 aliphatic carbocycles. The highest BCUT2D eigenvalue weighted by Gasteiger charge is 2.47. The first-order valence-corrected chi connectivity index (χ1v) is 8.41. The summed E-state index contributed by atoms with van der Waals surface area (Å²) in [5.41, 5.74) is 1.12. The molecule has 1 N–H and O–H groups in total. The highest BCUT2D eigenvalue weighted by molar-refractivity contribution is 8.00. The van der Waals surface area contributed by atoms with Gasteiger partial charge in [0.1, 0.15) is 6.04 Å². The SMILES string of the molecule is O=C(O)C1CSC(C2CC2)N1C(=O)CCc1ccccc1. The van der Waals surface area contributed by atoms with Crippen molar-refractivity contribution in [2.45, 2.75) is 37.1 Å². The second-order valence-electron chi connectivity index (χ2n) is 5.70. The van der Waals surface area contributed by atoms with Crippen LogP contribution < -0.4 is 0 Å². The number of nitrogens with zero attached hydrogens (tertiary/aromatic N) is 1. The number of aliphatic carboxylic acids is 1. The van der Waals surface area contributed by atoms with E-state index in [1.165, 1.54) is 0 Å². The monoisotopic (exact) mass is 305 g/mol. The quantitative estimate of drug-likeness (QED) is 0.907. The number of hydrogen-bond donors (Lipinski definition) is 1. The average Bonchev–Trinajstić information content (AvgIpc) is 3.24. The zero-order chi connectivity index (χ0) is 14.8. The number of amides is 1. The van der Waals surface area contributed by atoms with Crippen molar-refractivity contribution < 1.29 is 14.7 Å². The topological polar surface area (TPSA) is 57.6 Å². The molecule has 1 saturated carbocycles. The fourth-order valence-electron chi connectivity index (χ4n) is 2.80. The van der Waals surface area contributed by atoms with Gasteiger partial charge >= 0.3 is 5.97 Å². The highest BCUT2D eigenvalue weighted by Crippen LogP contribution is 2.45. The molecule has 2 aliphatic rings. The van der Waals surface area contributed by atoms with E-state index in [0.29, 0.717) is 24.5 Å². The number of aryl methyl sites for hydroxylation is 1. The summed E-state index contributed by atoms with van der Waals surface area (Å²) < 4.78 is 0. The molecule has 2 atom stereocenters. The van der Waals surface area contributed by atoms with Gasteiger partial charge in [0.2, 0.25) is 5.91 Å². The van der Waals surface area contributed by atoms with E-state index in [-0.39, 0.29) is 11.3 Å². The molecule has 4 nitrogen and oxygen atoms in total. The molecular formula is C16H19NO3S. The van der Waals surface area contributed by atoms with Crippen LogP contribution in [0.1, 0.15) is 24.8 Å². The van der Waals surface area contributed by atoms with Crippen LogP contribution in [0.5, 0.6) is 0 Å². The van der Waals surface area contributed by atoms with Gasteiger partial charge in [0.25, 0.3) is 0 Å². The Morgan fingerprint density at radius 1 is 1.24 bits per heavy atom. The molecule has 2 fully saturated rings. The molecule has 1 heterocycles. The molecule has 21 heavy (non-hydrogen) atoms. The molecule has 1 aromatic carbocycles. The number of benzene rings is 1. The van der Waals surface area contributed by atoms with Crippen LogP contribution in [0.3, 0.4) is 0 Å². The van der Waals surface area contributed by atoms with Gasteiger partial charge in [-0.15, -0.1) is 11.8 Å². The van der Waals surface area contributed by atoms with E-state index in [4.69, 9.17) is 0 Å².